The van der Waals surface area contributed by atoms with Crippen molar-refractivity contribution >= 4 is 40.4 Å². The summed E-state index contributed by atoms with van der Waals surface area (Å²) in [5.74, 6) is 0. The van der Waals surface area contributed by atoms with Crippen LogP contribution in [0.5, 0.6) is 0 Å². The summed E-state index contributed by atoms with van der Waals surface area (Å²) >= 11 is 5.83. The molecule has 0 unspecified atom stereocenters. The number of nitro groups is 2. The topological polar surface area (TPSA) is 116 Å². The third-order valence-electron chi connectivity index (χ3n) is 3.53. The van der Waals surface area contributed by atoms with Crippen LogP contribution in [0.25, 0.3) is 0 Å². The van der Waals surface area contributed by atoms with E-state index in [0.29, 0.717) is 11.0 Å². The maximum Gasteiger partial charge on any atom is 0.419 e. The minimum Gasteiger partial charge on any atom is -0.449 e. The highest BCUT2D eigenvalue weighted by Crippen LogP contribution is 2.47. The monoisotopic (exact) mass is 433 g/mol. The minimum atomic E-state index is -5.27. The van der Waals surface area contributed by atoms with Crippen LogP contribution in [0.4, 0.5) is 40.7 Å². The van der Waals surface area contributed by atoms with Crippen LogP contribution in [0.1, 0.15) is 12.5 Å². The van der Waals surface area contributed by atoms with E-state index in [-0.39, 0.29) is 23.4 Å². The normalized spacial score (nSPS) is 11.1. The molecule has 0 N–H and O–H groups in total. The summed E-state index contributed by atoms with van der Waals surface area (Å²) < 4.78 is 45.8. The van der Waals surface area contributed by atoms with Gasteiger partial charge in [0.1, 0.15) is 5.69 Å². The third-order valence-corrected chi connectivity index (χ3v) is 3.76. The number of halogens is 4. The summed E-state index contributed by atoms with van der Waals surface area (Å²) in [6, 6.07) is 5.37. The molecule has 0 aromatic heterocycles. The van der Waals surface area contributed by atoms with Crippen LogP contribution in [0.3, 0.4) is 0 Å². The molecule has 29 heavy (non-hydrogen) atoms. The van der Waals surface area contributed by atoms with E-state index in [4.69, 9.17) is 16.3 Å². The Labute approximate surface area is 165 Å². The minimum absolute atomic E-state index is 0.0231. The zero-order valence-corrected chi connectivity index (χ0v) is 15.2. The Morgan fingerprint density at radius 2 is 1.83 bits per heavy atom. The van der Waals surface area contributed by atoms with Crippen LogP contribution in [-0.2, 0) is 10.9 Å². The standard InChI is InChI=1S/C16H11ClF3N3O6/c1-2-29-15(24)21(10-5-3-4-9(17)6-10)14-12(16(18,19)20)7-11(22(25)26)8-13(14)23(27)28/h3-8H,2H2,1H3. The summed E-state index contributed by atoms with van der Waals surface area (Å²) in [6.45, 7) is 1.13. The molecule has 2 aromatic carbocycles. The molecule has 2 rings (SSSR count). The molecule has 0 atom stereocenters. The van der Waals surface area contributed by atoms with Gasteiger partial charge in [0.15, 0.2) is 0 Å². The maximum atomic E-state index is 13.7. The van der Waals surface area contributed by atoms with Crippen molar-refractivity contribution in [1.29, 1.82) is 0 Å². The first-order valence-electron chi connectivity index (χ1n) is 7.73. The summed E-state index contributed by atoms with van der Waals surface area (Å²) in [5, 5.41) is 22.5. The van der Waals surface area contributed by atoms with Crippen molar-refractivity contribution in [2.24, 2.45) is 0 Å². The Morgan fingerprint density at radius 1 is 1.17 bits per heavy atom. The van der Waals surface area contributed by atoms with Crippen molar-refractivity contribution in [3.05, 3.63) is 67.2 Å². The summed E-state index contributed by atoms with van der Waals surface area (Å²) in [7, 11) is 0. The summed E-state index contributed by atoms with van der Waals surface area (Å²) in [4.78, 5) is 32.8. The molecule has 9 nitrogen and oxygen atoms in total. The number of amides is 1. The number of rotatable bonds is 5. The molecule has 0 spiro atoms. The van der Waals surface area contributed by atoms with Gasteiger partial charge in [0.05, 0.1) is 33.8 Å². The zero-order chi connectivity index (χ0) is 21.9. The molecule has 0 aliphatic rings. The van der Waals surface area contributed by atoms with E-state index in [9.17, 15) is 38.2 Å². The largest absolute Gasteiger partial charge is 0.449 e. The highest BCUT2D eigenvalue weighted by Gasteiger charge is 2.43. The third kappa shape index (κ3) is 4.71. The van der Waals surface area contributed by atoms with Crippen LogP contribution in [0.15, 0.2) is 36.4 Å². The van der Waals surface area contributed by atoms with Crippen LogP contribution >= 0.6 is 11.6 Å². The lowest BCUT2D eigenvalue weighted by Crippen LogP contribution is -2.30. The van der Waals surface area contributed by atoms with Crippen molar-refractivity contribution in [1.82, 2.24) is 0 Å². The van der Waals surface area contributed by atoms with Crippen LogP contribution in [0, 0.1) is 20.2 Å². The van der Waals surface area contributed by atoms with E-state index in [2.05, 4.69) is 0 Å². The predicted molar refractivity (Wildman–Crippen MR) is 95.4 cm³/mol. The van der Waals surface area contributed by atoms with E-state index in [1.54, 1.807) is 0 Å². The second-order valence-corrected chi connectivity index (χ2v) is 5.82. The lowest BCUT2D eigenvalue weighted by molar-refractivity contribution is -0.394. The molecule has 0 fully saturated rings. The van der Waals surface area contributed by atoms with Gasteiger partial charge in [0, 0.05) is 11.1 Å². The Hall–Kier alpha value is -3.41. The fourth-order valence-electron chi connectivity index (χ4n) is 2.43. The fourth-order valence-corrected chi connectivity index (χ4v) is 2.61. The first kappa shape index (κ1) is 21.9. The number of carbonyl (C=O) groups is 1. The SMILES string of the molecule is CCOC(=O)N(c1cccc(Cl)c1)c1c([N+](=O)[O-])cc([N+](=O)[O-])cc1C(F)(F)F. The number of nitrogens with zero attached hydrogens (tertiary/aromatic N) is 3. The van der Waals surface area contributed by atoms with Crippen molar-refractivity contribution < 1.29 is 32.5 Å². The molecule has 0 saturated carbocycles. The number of ether oxygens (including phenoxy) is 1. The van der Waals surface area contributed by atoms with Gasteiger partial charge in [0.2, 0.25) is 0 Å². The van der Waals surface area contributed by atoms with Crippen LogP contribution in [-0.4, -0.2) is 22.5 Å². The van der Waals surface area contributed by atoms with E-state index in [1.807, 2.05) is 0 Å². The summed E-state index contributed by atoms with van der Waals surface area (Å²) in [6.07, 6.45) is -6.63. The molecule has 0 aliphatic heterocycles. The maximum absolute atomic E-state index is 13.7. The van der Waals surface area contributed by atoms with Gasteiger partial charge in [-0.25, -0.2) is 9.69 Å². The summed E-state index contributed by atoms with van der Waals surface area (Å²) in [5.41, 5.74) is -5.72. The van der Waals surface area contributed by atoms with Crippen molar-refractivity contribution in [3.63, 3.8) is 0 Å². The number of benzene rings is 2. The Morgan fingerprint density at radius 3 is 2.31 bits per heavy atom. The van der Waals surface area contributed by atoms with Gasteiger partial charge in [0.25, 0.3) is 5.69 Å². The zero-order valence-electron chi connectivity index (χ0n) is 14.5. The number of anilines is 2. The van der Waals surface area contributed by atoms with Gasteiger partial charge in [-0.3, -0.25) is 20.2 Å². The second-order valence-electron chi connectivity index (χ2n) is 5.39. The van der Waals surface area contributed by atoms with E-state index in [0.717, 1.165) is 6.07 Å². The fraction of sp³-hybridized carbons (Fsp3) is 0.188. The Kier molecular flexibility index (Phi) is 6.27. The number of hydrogen-bond acceptors (Lipinski definition) is 6. The molecular formula is C16H11ClF3N3O6. The smallest absolute Gasteiger partial charge is 0.419 e. The lowest BCUT2D eigenvalue weighted by Gasteiger charge is -2.25. The van der Waals surface area contributed by atoms with Gasteiger partial charge in [-0.05, 0) is 25.1 Å². The molecule has 0 radical (unpaired) electrons. The van der Waals surface area contributed by atoms with Gasteiger partial charge in [-0.2, -0.15) is 13.2 Å². The molecule has 13 heteroatoms. The molecule has 2 aromatic rings. The molecule has 0 aliphatic carbocycles. The lowest BCUT2D eigenvalue weighted by atomic mass is 10.1. The van der Waals surface area contributed by atoms with E-state index in [1.165, 1.54) is 25.1 Å². The first-order valence-corrected chi connectivity index (χ1v) is 8.11. The van der Waals surface area contributed by atoms with Crippen LogP contribution < -0.4 is 4.90 Å². The number of hydrogen-bond donors (Lipinski definition) is 0. The number of alkyl halides is 3. The molecule has 154 valence electrons. The molecule has 0 heterocycles. The first-order chi connectivity index (χ1) is 13.5. The average molecular weight is 434 g/mol. The predicted octanol–water partition coefficient (Wildman–Crippen LogP) is 5.47. The highest BCUT2D eigenvalue weighted by molar-refractivity contribution is 6.31. The number of non-ortho nitro benzene ring substituents is 1. The Balaban J connectivity index is 2.96. The van der Waals surface area contributed by atoms with Gasteiger partial charge >= 0.3 is 18.0 Å². The molecule has 1 amide bonds. The quantitative estimate of drug-likeness (QED) is 0.456. The van der Waals surface area contributed by atoms with Crippen molar-refractivity contribution in [2.45, 2.75) is 13.1 Å². The van der Waals surface area contributed by atoms with Gasteiger partial charge < -0.3 is 4.74 Å². The van der Waals surface area contributed by atoms with Gasteiger partial charge in [-0.1, -0.05) is 17.7 Å². The molecule has 0 bridgehead atoms. The molecular weight excluding hydrogens is 423 g/mol. The number of nitro benzene ring substituents is 2. The van der Waals surface area contributed by atoms with E-state index < -0.39 is 44.7 Å². The van der Waals surface area contributed by atoms with Crippen molar-refractivity contribution in [3.8, 4) is 0 Å². The van der Waals surface area contributed by atoms with Gasteiger partial charge in [-0.15, -0.1) is 0 Å². The Bertz CT molecular complexity index is 983. The van der Waals surface area contributed by atoms with E-state index >= 15 is 0 Å². The second kappa shape index (κ2) is 8.31. The van der Waals surface area contributed by atoms with Crippen molar-refractivity contribution in [2.75, 3.05) is 11.5 Å². The highest BCUT2D eigenvalue weighted by atomic mass is 35.5. The average Bonchev–Trinajstić information content (AvgIpc) is 2.61. The number of carbonyl (C=O) groups excluding carboxylic acids is 1. The van der Waals surface area contributed by atoms with Crippen LogP contribution in [0.2, 0.25) is 5.02 Å². The molecule has 0 saturated heterocycles.